The van der Waals surface area contributed by atoms with Crippen molar-refractivity contribution in [2.24, 2.45) is 0 Å². The first-order chi connectivity index (χ1) is 12.9. The first kappa shape index (κ1) is 14.9. The number of hydrogen-bond donors (Lipinski definition) is 0. The van der Waals surface area contributed by atoms with Crippen molar-refractivity contribution in [3.05, 3.63) is 78.8 Å². The number of rotatable bonds is 3. The standard InChI is InChI=1S/C20H17N5O/c1-2-4-15(5-3-1)17-10-16-6-8-24(12-18(16)26-17)19-11-20(23-13-22-19)25-9-7-21-14-25/h1-5,7,9-11,13-14H,6,8,12H2. The van der Waals surface area contributed by atoms with Gasteiger partial charge in [-0.15, -0.1) is 0 Å². The van der Waals surface area contributed by atoms with Crippen LogP contribution in [-0.4, -0.2) is 26.1 Å². The summed E-state index contributed by atoms with van der Waals surface area (Å²) in [5.41, 5.74) is 2.39. The van der Waals surface area contributed by atoms with E-state index in [2.05, 4.69) is 38.1 Å². The minimum absolute atomic E-state index is 0.711. The summed E-state index contributed by atoms with van der Waals surface area (Å²) in [6, 6.07) is 14.4. The van der Waals surface area contributed by atoms with Crippen molar-refractivity contribution in [2.75, 3.05) is 11.4 Å². The predicted molar refractivity (Wildman–Crippen MR) is 98.1 cm³/mol. The lowest BCUT2D eigenvalue weighted by molar-refractivity contribution is 0.495. The maximum absolute atomic E-state index is 6.15. The molecule has 6 heteroatoms. The quantitative estimate of drug-likeness (QED) is 0.570. The Hall–Kier alpha value is -3.41. The summed E-state index contributed by atoms with van der Waals surface area (Å²) in [6.45, 7) is 1.61. The lowest BCUT2D eigenvalue weighted by Gasteiger charge is -2.27. The second kappa shape index (κ2) is 6.15. The Kier molecular flexibility index (Phi) is 3.52. The van der Waals surface area contributed by atoms with Gasteiger partial charge < -0.3 is 9.32 Å². The minimum Gasteiger partial charge on any atom is -0.459 e. The van der Waals surface area contributed by atoms with Crippen LogP contribution in [0.3, 0.4) is 0 Å². The van der Waals surface area contributed by atoms with Gasteiger partial charge in [0.05, 0.1) is 6.54 Å². The van der Waals surface area contributed by atoms with E-state index in [0.29, 0.717) is 6.54 Å². The summed E-state index contributed by atoms with van der Waals surface area (Å²) in [4.78, 5) is 15.1. The molecule has 1 aliphatic heterocycles. The van der Waals surface area contributed by atoms with Gasteiger partial charge >= 0.3 is 0 Å². The first-order valence-electron chi connectivity index (χ1n) is 8.59. The fourth-order valence-electron chi connectivity index (χ4n) is 3.31. The Balaban J connectivity index is 1.43. The molecule has 0 atom stereocenters. The third kappa shape index (κ3) is 2.65. The number of nitrogens with zero attached hydrogens (tertiary/aromatic N) is 5. The van der Waals surface area contributed by atoms with Gasteiger partial charge in [0.15, 0.2) is 0 Å². The zero-order valence-corrected chi connectivity index (χ0v) is 14.1. The highest BCUT2D eigenvalue weighted by molar-refractivity contribution is 5.59. The van der Waals surface area contributed by atoms with E-state index < -0.39 is 0 Å². The Morgan fingerprint density at radius 3 is 2.73 bits per heavy atom. The summed E-state index contributed by atoms with van der Waals surface area (Å²) >= 11 is 0. The van der Waals surface area contributed by atoms with Crippen LogP contribution in [0.25, 0.3) is 17.1 Å². The highest BCUT2D eigenvalue weighted by Crippen LogP contribution is 2.31. The van der Waals surface area contributed by atoms with Gasteiger partial charge in [0.2, 0.25) is 0 Å². The lowest BCUT2D eigenvalue weighted by Crippen LogP contribution is -2.30. The van der Waals surface area contributed by atoms with Gasteiger partial charge in [-0.2, -0.15) is 0 Å². The topological polar surface area (TPSA) is 60.0 Å². The van der Waals surface area contributed by atoms with E-state index in [4.69, 9.17) is 4.42 Å². The number of hydrogen-bond acceptors (Lipinski definition) is 5. The van der Waals surface area contributed by atoms with E-state index in [-0.39, 0.29) is 0 Å². The Morgan fingerprint density at radius 2 is 1.88 bits per heavy atom. The van der Waals surface area contributed by atoms with Crippen LogP contribution >= 0.6 is 0 Å². The van der Waals surface area contributed by atoms with Gasteiger partial charge in [0, 0.05) is 30.6 Å². The molecule has 0 spiro atoms. The maximum atomic E-state index is 6.15. The molecular formula is C20H17N5O. The number of benzene rings is 1. The van der Waals surface area contributed by atoms with E-state index >= 15 is 0 Å². The van der Waals surface area contributed by atoms with Crippen LogP contribution in [-0.2, 0) is 13.0 Å². The number of fused-ring (bicyclic) bond motifs is 1. The fourth-order valence-corrected chi connectivity index (χ4v) is 3.31. The zero-order valence-electron chi connectivity index (χ0n) is 14.1. The van der Waals surface area contributed by atoms with Crippen LogP contribution in [0.1, 0.15) is 11.3 Å². The number of furan rings is 1. The van der Waals surface area contributed by atoms with E-state index in [1.165, 1.54) is 5.56 Å². The molecule has 0 saturated carbocycles. The molecule has 0 saturated heterocycles. The molecule has 0 aliphatic carbocycles. The highest BCUT2D eigenvalue weighted by Gasteiger charge is 2.22. The molecule has 0 amide bonds. The molecule has 26 heavy (non-hydrogen) atoms. The Morgan fingerprint density at radius 1 is 1.00 bits per heavy atom. The maximum Gasteiger partial charge on any atom is 0.143 e. The molecule has 128 valence electrons. The van der Waals surface area contributed by atoms with Crippen LogP contribution in [0.4, 0.5) is 5.82 Å². The van der Waals surface area contributed by atoms with Crippen LogP contribution in [0, 0.1) is 0 Å². The Bertz CT molecular complexity index is 1020. The largest absolute Gasteiger partial charge is 0.459 e. The monoisotopic (exact) mass is 343 g/mol. The van der Waals surface area contributed by atoms with Crippen molar-refractivity contribution in [3.8, 4) is 17.1 Å². The van der Waals surface area contributed by atoms with Gasteiger partial charge in [-0.25, -0.2) is 15.0 Å². The third-order valence-electron chi connectivity index (χ3n) is 4.67. The van der Waals surface area contributed by atoms with E-state index in [0.717, 1.165) is 41.7 Å². The SMILES string of the molecule is c1ccc(-c2cc3c(o2)CN(c2cc(-n4ccnc4)ncn2)CC3)cc1. The van der Waals surface area contributed by atoms with Crippen molar-refractivity contribution in [3.63, 3.8) is 0 Å². The molecule has 0 N–H and O–H groups in total. The lowest BCUT2D eigenvalue weighted by atomic mass is 10.1. The van der Waals surface area contributed by atoms with Gasteiger partial charge in [-0.3, -0.25) is 4.57 Å². The van der Waals surface area contributed by atoms with Gasteiger partial charge in [0.1, 0.15) is 35.8 Å². The number of imidazole rings is 1. The average Bonchev–Trinajstić information content (AvgIpc) is 3.38. The van der Waals surface area contributed by atoms with Crippen LogP contribution in [0.15, 0.2) is 71.9 Å². The number of aromatic nitrogens is 4. The molecule has 0 radical (unpaired) electrons. The summed E-state index contributed by atoms with van der Waals surface area (Å²) in [6.07, 6.45) is 7.88. The third-order valence-corrected chi connectivity index (χ3v) is 4.67. The highest BCUT2D eigenvalue weighted by atomic mass is 16.3. The average molecular weight is 343 g/mol. The molecule has 0 bridgehead atoms. The van der Waals surface area contributed by atoms with E-state index in [1.54, 1.807) is 18.9 Å². The molecule has 1 aromatic carbocycles. The summed E-state index contributed by atoms with van der Waals surface area (Å²) in [5, 5.41) is 0. The zero-order chi connectivity index (χ0) is 17.3. The van der Waals surface area contributed by atoms with Crippen LogP contribution in [0.5, 0.6) is 0 Å². The molecule has 4 heterocycles. The van der Waals surface area contributed by atoms with Crippen molar-refractivity contribution < 1.29 is 4.42 Å². The predicted octanol–water partition coefficient (Wildman–Crippen LogP) is 3.49. The number of anilines is 1. The van der Waals surface area contributed by atoms with Crippen molar-refractivity contribution in [2.45, 2.75) is 13.0 Å². The van der Waals surface area contributed by atoms with E-state index in [1.807, 2.05) is 35.0 Å². The summed E-state index contributed by atoms with van der Waals surface area (Å²) < 4.78 is 8.02. The molecular weight excluding hydrogens is 326 g/mol. The second-order valence-electron chi connectivity index (χ2n) is 6.30. The minimum atomic E-state index is 0.711. The second-order valence-corrected chi connectivity index (χ2v) is 6.30. The fraction of sp³-hybridized carbons (Fsp3) is 0.150. The van der Waals surface area contributed by atoms with Gasteiger partial charge in [-0.05, 0) is 18.1 Å². The normalized spacial score (nSPS) is 13.6. The van der Waals surface area contributed by atoms with Crippen molar-refractivity contribution >= 4 is 5.82 Å². The molecule has 3 aromatic heterocycles. The van der Waals surface area contributed by atoms with Gasteiger partial charge in [-0.1, -0.05) is 30.3 Å². The van der Waals surface area contributed by atoms with Crippen LogP contribution in [0.2, 0.25) is 0 Å². The Labute approximate surface area is 150 Å². The van der Waals surface area contributed by atoms with Crippen molar-refractivity contribution in [1.29, 1.82) is 0 Å². The molecule has 6 nitrogen and oxygen atoms in total. The molecule has 5 rings (SSSR count). The first-order valence-corrected chi connectivity index (χ1v) is 8.59. The molecule has 4 aromatic rings. The van der Waals surface area contributed by atoms with Gasteiger partial charge in [0.25, 0.3) is 0 Å². The summed E-state index contributed by atoms with van der Waals surface area (Å²) in [7, 11) is 0. The van der Waals surface area contributed by atoms with Crippen LogP contribution < -0.4 is 4.90 Å². The molecule has 1 aliphatic rings. The summed E-state index contributed by atoms with van der Waals surface area (Å²) in [5.74, 6) is 3.65. The van der Waals surface area contributed by atoms with Crippen molar-refractivity contribution in [1.82, 2.24) is 19.5 Å². The van der Waals surface area contributed by atoms with E-state index in [9.17, 15) is 0 Å². The molecule has 0 fully saturated rings. The smallest absolute Gasteiger partial charge is 0.143 e. The molecule has 0 unspecified atom stereocenters.